The van der Waals surface area contributed by atoms with Crippen molar-refractivity contribution in [1.82, 2.24) is 0 Å². The van der Waals surface area contributed by atoms with Gasteiger partial charge in [-0.2, -0.15) is 0 Å². The molecule has 0 heterocycles. The molecule has 0 aromatic heterocycles. The van der Waals surface area contributed by atoms with E-state index in [1.165, 1.54) is 0 Å². The van der Waals surface area contributed by atoms with E-state index in [-0.39, 0.29) is 72.0 Å². The zero-order valence-electron chi connectivity index (χ0n) is 2.12. The van der Waals surface area contributed by atoms with Gasteiger partial charge in [0.25, 0.3) is 0 Å². The first kappa shape index (κ1) is 22.7. The van der Waals surface area contributed by atoms with Gasteiger partial charge in [-0.1, -0.05) is 0 Å². The van der Waals surface area contributed by atoms with Crippen molar-refractivity contribution in [3.05, 3.63) is 0 Å². The molecule has 0 atom stereocenters. The van der Waals surface area contributed by atoms with Crippen LogP contribution in [0.25, 0.3) is 0 Å². The normalized spacial score (nSPS) is 3.86. The maximum absolute atomic E-state index is 9.81. The standard InChI is InChI=1S/Al.Ca.4FH.Na.3H/h;;4*1H;;;;/q+3;;;;;;;;;/p-3. The van der Waals surface area contributed by atoms with Crippen LogP contribution in [0.3, 0.4) is 0 Å². The van der Waals surface area contributed by atoms with E-state index in [4.69, 9.17) is 0 Å². The Labute approximate surface area is 96.3 Å². The van der Waals surface area contributed by atoms with Gasteiger partial charge in [-0.25, -0.2) is 0 Å². The quantitative estimate of drug-likeness (QED) is 0.338. The molecule has 0 aromatic carbocycles. The molecule has 0 unspecified atom stereocenters. The molecule has 38 valence electrons. The monoisotopic (exact) mass is 170 g/mol. The number of hydrogen-bond acceptors (Lipinski definition) is 0. The molecule has 0 fully saturated rings. The minimum atomic E-state index is -4.64. The van der Waals surface area contributed by atoms with Crippen LogP contribution in [0.1, 0.15) is 0 Å². The second-order valence-corrected chi connectivity index (χ2v) is 0.742. The third kappa shape index (κ3) is 57.2. The van der Waals surface area contributed by atoms with Crippen LogP contribution in [0.5, 0.6) is 0 Å². The van der Waals surface area contributed by atoms with Crippen LogP contribution in [0.15, 0.2) is 0 Å². The average molecular weight is 170 g/mol. The summed E-state index contributed by atoms with van der Waals surface area (Å²) in [4.78, 5) is 0. The first-order chi connectivity index (χ1) is 1.73. The van der Waals surface area contributed by atoms with Crippen LogP contribution >= 0.6 is 0 Å². The summed E-state index contributed by atoms with van der Waals surface area (Å²) in [6.45, 7) is 0. The molecule has 0 bridgehead atoms. The molecule has 0 amide bonds. The van der Waals surface area contributed by atoms with Crippen LogP contribution in [-0.4, -0.2) is 82.8 Å². The minimum absolute atomic E-state index is 0. The molecule has 0 N–H and O–H groups in total. The van der Waals surface area contributed by atoms with Gasteiger partial charge in [-0.05, 0) is 0 Å². The molecular formula is H4AlCaF4Na. The summed E-state index contributed by atoms with van der Waals surface area (Å²) >= 11 is -4.64. The second kappa shape index (κ2) is 15.8. The van der Waals surface area contributed by atoms with Crippen molar-refractivity contribution in [3.63, 3.8) is 0 Å². The van der Waals surface area contributed by atoms with Gasteiger partial charge in [-0.3, -0.25) is 4.70 Å². The van der Waals surface area contributed by atoms with Crippen LogP contribution in [0.4, 0.5) is 15.3 Å². The van der Waals surface area contributed by atoms with E-state index in [2.05, 4.69) is 0 Å². The van der Waals surface area contributed by atoms with Gasteiger partial charge >= 0.3 is 82.8 Å². The Morgan fingerprint density at radius 3 is 1.00 bits per heavy atom. The van der Waals surface area contributed by atoms with Crippen molar-refractivity contribution < 1.29 is 15.3 Å². The van der Waals surface area contributed by atoms with Gasteiger partial charge in [0.1, 0.15) is 0 Å². The van der Waals surface area contributed by atoms with E-state index in [9.17, 15) is 10.6 Å². The van der Waals surface area contributed by atoms with Gasteiger partial charge in [0.15, 0.2) is 0 Å². The summed E-state index contributed by atoms with van der Waals surface area (Å²) in [6, 6.07) is 0. The summed E-state index contributed by atoms with van der Waals surface area (Å²) in [5.74, 6) is 0. The number of rotatable bonds is 0. The van der Waals surface area contributed by atoms with E-state index < -0.39 is 15.5 Å². The summed E-state index contributed by atoms with van der Waals surface area (Å²) in [5, 5.41) is 0. The number of hydrogen-bond donors (Lipinski definition) is 0. The first-order valence-corrected chi connectivity index (χ1v) is 1.96. The Bertz CT molecular complexity index is 16.4. The molecule has 0 rings (SSSR count). The SMILES string of the molecule is F.[CaH2].[F][Al]([F])[F].[NaH]. The van der Waals surface area contributed by atoms with Crippen LogP contribution in [-0.2, 0) is 0 Å². The van der Waals surface area contributed by atoms with E-state index in [0.717, 1.165) is 0 Å². The fourth-order valence-electron chi connectivity index (χ4n) is 0. The third-order valence-corrected chi connectivity index (χ3v) is 0. The number of halogens is 4. The molecule has 0 radical (unpaired) electrons. The summed E-state index contributed by atoms with van der Waals surface area (Å²) in [6.07, 6.45) is 0. The Balaban J connectivity index is -0.0000000150. The molecule has 0 spiro atoms. The van der Waals surface area contributed by atoms with Gasteiger partial charge in [0.2, 0.25) is 0 Å². The van der Waals surface area contributed by atoms with Gasteiger partial charge in [0, 0.05) is 0 Å². The van der Waals surface area contributed by atoms with Crippen LogP contribution in [0.2, 0.25) is 0 Å². The Morgan fingerprint density at radius 1 is 1.00 bits per heavy atom. The molecular weight excluding hydrogens is 166 g/mol. The van der Waals surface area contributed by atoms with E-state index in [1.54, 1.807) is 0 Å². The van der Waals surface area contributed by atoms with Crippen molar-refractivity contribution >= 4 is 82.8 Å². The van der Waals surface area contributed by atoms with Crippen molar-refractivity contribution in [2.24, 2.45) is 0 Å². The zero-order chi connectivity index (χ0) is 3.58. The summed E-state index contributed by atoms with van der Waals surface area (Å²) in [5.41, 5.74) is 0. The van der Waals surface area contributed by atoms with Crippen molar-refractivity contribution in [3.8, 4) is 0 Å². The van der Waals surface area contributed by atoms with Crippen LogP contribution < -0.4 is 0 Å². The van der Waals surface area contributed by atoms with Gasteiger partial charge < -0.3 is 10.6 Å². The van der Waals surface area contributed by atoms with Gasteiger partial charge in [-0.15, -0.1) is 0 Å². The van der Waals surface area contributed by atoms with Crippen LogP contribution in [0, 0.1) is 0 Å². The molecule has 7 heteroatoms. The molecule has 0 nitrogen and oxygen atoms in total. The second-order valence-electron chi connectivity index (χ2n) is 0.247. The van der Waals surface area contributed by atoms with Gasteiger partial charge in [0.05, 0.1) is 0 Å². The Morgan fingerprint density at radius 2 is 1.00 bits per heavy atom. The maximum atomic E-state index is 9.81. The zero-order valence-corrected chi connectivity index (χ0v) is 3.27. The Hall–Kier alpha value is 2.51. The predicted octanol–water partition coefficient (Wildman–Crippen LogP) is -0.532. The molecule has 0 aliphatic rings. The topological polar surface area (TPSA) is 0 Å². The Kier molecular flexibility index (Phi) is 51.2. The fourth-order valence-corrected chi connectivity index (χ4v) is 0. The van der Waals surface area contributed by atoms with Crippen molar-refractivity contribution in [1.29, 1.82) is 0 Å². The molecule has 0 aromatic rings. The molecule has 0 aliphatic heterocycles. The third-order valence-electron chi connectivity index (χ3n) is 0. The van der Waals surface area contributed by atoms with E-state index in [1.807, 2.05) is 0 Å². The van der Waals surface area contributed by atoms with E-state index in [0.29, 0.717) is 0 Å². The average Bonchev–Trinajstić information content (AvgIpc) is 0.811. The molecule has 0 saturated carbocycles. The molecule has 7 heavy (non-hydrogen) atoms. The summed E-state index contributed by atoms with van der Waals surface area (Å²) < 4.78 is 29.4. The van der Waals surface area contributed by atoms with E-state index >= 15 is 0 Å². The first-order valence-electron chi connectivity index (χ1n) is 0.655. The fraction of sp³-hybridized carbons (Fsp3) is 0. The van der Waals surface area contributed by atoms with Crippen molar-refractivity contribution in [2.75, 3.05) is 0 Å². The van der Waals surface area contributed by atoms with Crippen molar-refractivity contribution in [2.45, 2.75) is 0 Å². The summed E-state index contributed by atoms with van der Waals surface area (Å²) in [7, 11) is 0. The predicted molar refractivity (Wildman–Crippen MR) is 27.3 cm³/mol. The molecule has 0 aliphatic carbocycles. The molecule has 0 saturated heterocycles.